The summed E-state index contributed by atoms with van der Waals surface area (Å²) < 4.78 is 13.8. The highest BCUT2D eigenvalue weighted by atomic mass is 32.1. The summed E-state index contributed by atoms with van der Waals surface area (Å²) in [6.45, 7) is 3.99. The van der Waals surface area contributed by atoms with E-state index in [4.69, 9.17) is 4.98 Å². The highest BCUT2D eigenvalue weighted by Gasteiger charge is 2.30. The predicted octanol–water partition coefficient (Wildman–Crippen LogP) is 3.72. The Bertz CT molecular complexity index is 593. The molecule has 1 N–H and O–H groups in total. The van der Waals surface area contributed by atoms with Crippen LogP contribution >= 0.6 is 11.3 Å². The van der Waals surface area contributed by atoms with Gasteiger partial charge >= 0.3 is 0 Å². The molecule has 3 rings (SSSR count). The third kappa shape index (κ3) is 2.88. The molecule has 0 atom stereocenters. The second-order valence-electron chi connectivity index (χ2n) is 5.13. The molecule has 0 unspecified atom stereocenters. The maximum absolute atomic E-state index is 13.8. The Morgan fingerprint density at radius 1 is 1.45 bits per heavy atom. The van der Waals surface area contributed by atoms with Gasteiger partial charge in [-0.1, -0.05) is 6.92 Å². The maximum Gasteiger partial charge on any atom is 0.151 e. The number of thiazole rings is 1. The third-order valence-corrected chi connectivity index (χ3v) is 4.51. The number of hydrogen-bond acceptors (Lipinski definition) is 4. The lowest BCUT2D eigenvalue weighted by Gasteiger charge is -2.01. The number of pyridine rings is 1. The number of nitrogens with zero attached hydrogens (tertiary/aromatic N) is 2. The van der Waals surface area contributed by atoms with E-state index in [1.54, 1.807) is 23.6 Å². The molecular weight excluding hydrogens is 273 g/mol. The molecule has 106 valence electrons. The van der Waals surface area contributed by atoms with Crippen LogP contribution in [0.3, 0.4) is 0 Å². The first-order valence-corrected chi connectivity index (χ1v) is 7.91. The zero-order chi connectivity index (χ0) is 13.9. The average Bonchev–Trinajstić information content (AvgIpc) is 3.21. The van der Waals surface area contributed by atoms with Crippen molar-refractivity contribution >= 4 is 11.3 Å². The summed E-state index contributed by atoms with van der Waals surface area (Å²) in [7, 11) is 0. The van der Waals surface area contributed by atoms with Crippen LogP contribution in [-0.4, -0.2) is 16.5 Å². The van der Waals surface area contributed by atoms with E-state index in [9.17, 15) is 4.39 Å². The smallest absolute Gasteiger partial charge is 0.151 e. The largest absolute Gasteiger partial charge is 0.312 e. The first-order valence-electron chi connectivity index (χ1n) is 7.09. The summed E-state index contributed by atoms with van der Waals surface area (Å²) in [5.41, 5.74) is 1.73. The number of nitrogens with one attached hydrogen (secondary N) is 1. The third-order valence-electron chi connectivity index (χ3n) is 3.41. The van der Waals surface area contributed by atoms with Crippen LogP contribution in [0.25, 0.3) is 10.6 Å². The SMILES string of the molecule is CCCNCc1sc(-c2ccncc2F)nc1C1CC1. The number of aromatic nitrogens is 2. The Hall–Kier alpha value is -1.33. The van der Waals surface area contributed by atoms with Gasteiger partial charge in [0.2, 0.25) is 0 Å². The van der Waals surface area contributed by atoms with Crippen LogP contribution in [0, 0.1) is 5.82 Å². The van der Waals surface area contributed by atoms with Crippen molar-refractivity contribution in [2.24, 2.45) is 0 Å². The summed E-state index contributed by atoms with van der Waals surface area (Å²) >= 11 is 1.60. The standard InChI is InChI=1S/C15H18FN3S/c1-2-6-17-9-13-14(10-3-4-10)19-15(20-13)11-5-7-18-8-12(11)16/h5,7-8,10,17H,2-4,6,9H2,1H3. The van der Waals surface area contributed by atoms with Crippen molar-refractivity contribution in [1.82, 2.24) is 15.3 Å². The molecule has 0 amide bonds. The Morgan fingerprint density at radius 3 is 3.00 bits per heavy atom. The van der Waals surface area contributed by atoms with Gasteiger partial charge in [-0.25, -0.2) is 9.37 Å². The van der Waals surface area contributed by atoms with E-state index in [-0.39, 0.29) is 5.82 Å². The van der Waals surface area contributed by atoms with E-state index in [0.29, 0.717) is 11.5 Å². The Kier molecular flexibility index (Phi) is 4.08. The zero-order valence-corrected chi connectivity index (χ0v) is 12.3. The van der Waals surface area contributed by atoms with Gasteiger partial charge in [-0.3, -0.25) is 4.98 Å². The molecule has 0 aliphatic heterocycles. The molecule has 3 nitrogen and oxygen atoms in total. The average molecular weight is 291 g/mol. The molecular formula is C15H18FN3S. The predicted molar refractivity (Wildman–Crippen MR) is 79.3 cm³/mol. The van der Waals surface area contributed by atoms with Crippen LogP contribution < -0.4 is 5.32 Å². The van der Waals surface area contributed by atoms with Crippen molar-refractivity contribution in [2.75, 3.05) is 6.54 Å². The second kappa shape index (κ2) is 5.97. The van der Waals surface area contributed by atoms with Crippen molar-refractivity contribution in [1.29, 1.82) is 0 Å². The first-order chi connectivity index (χ1) is 9.79. The summed E-state index contributed by atoms with van der Waals surface area (Å²) in [6, 6.07) is 1.70. The van der Waals surface area contributed by atoms with E-state index < -0.39 is 0 Å². The van der Waals surface area contributed by atoms with Crippen LogP contribution in [-0.2, 0) is 6.54 Å². The lowest BCUT2D eigenvalue weighted by atomic mass is 10.2. The van der Waals surface area contributed by atoms with Crippen LogP contribution in [0.15, 0.2) is 18.5 Å². The topological polar surface area (TPSA) is 37.8 Å². The lowest BCUT2D eigenvalue weighted by molar-refractivity contribution is 0.625. The second-order valence-corrected chi connectivity index (χ2v) is 6.22. The van der Waals surface area contributed by atoms with Gasteiger partial charge in [0.1, 0.15) is 5.01 Å². The number of hydrogen-bond donors (Lipinski definition) is 1. The van der Waals surface area contributed by atoms with Crippen molar-refractivity contribution in [3.8, 4) is 10.6 Å². The molecule has 20 heavy (non-hydrogen) atoms. The minimum Gasteiger partial charge on any atom is -0.312 e. The molecule has 1 aliphatic carbocycles. The van der Waals surface area contributed by atoms with Crippen LogP contribution in [0.4, 0.5) is 4.39 Å². The van der Waals surface area contributed by atoms with Gasteiger partial charge in [-0.05, 0) is 31.9 Å². The van der Waals surface area contributed by atoms with Crippen molar-refractivity contribution < 1.29 is 4.39 Å². The van der Waals surface area contributed by atoms with Gasteiger partial charge in [0, 0.05) is 29.1 Å². The van der Waals surface area contributed by atoms with Crippen LogP contribution in [0.2, 0.25) is 0 Å². The molecule has 0 aromatic carbocycles. The van der Waals surface area contributed by atoms with E-state index in [1.165, 1.54) is 29.6 Å². The molecule has 2 aromatic heterocycles. The highest BCUT2D eigenvalue weighted by Crippen LogP contribution is 2.44. The summed E-state index contributed by atoms with van der Waals surface area (Å²) in [5.74, 6) is 0.292. The monoisotopic (exact) mass is 291 g/mol. The first kappa shape index (κ1) is 13.6. The Labute approximate surface area is 122 Å². The van der Waals surface area contributed by atoms with Crippen molar-refractivity contribution in [2.45, 2.75) is 38.6 Å². The van der Waals surface area contributed by atoms with Gasteiger partial charge in [-0.15, -0.1) is 11.3 Å². The quantitative estimate of drug-likeness (QED) is 0.824. The minimum atomic E-state index is -0.295. The normalized spacial score (nSPS) is 14.7. The molecule has 0 spiro atoms. The van der Waals surface area contributed by atoms with Gasteiger partial charge in [0.15, 0.2) is 5.82 Å². The van der Waals surface area contributed by atoms with E-state index in [0.717, 1.165) is 24.5 Å². The molecule has 0 bridgehead atoms. The van der Waals surface area contributed by atoms with E-state index in [2.05, 4.69) is 17.2 Å². The van der Waals surface area contributed by atoms with Gasteiger partial charge in [0.05, 0.1) is 11.9 Å². The van der Waals surface area contributed by atoms with Crippen LogP contribution in [0.1, 0.15) is 42.7 Å². The molecule has 1 aliphatic rings. The molecule has 2 aromatic rings. The summed E-state index contributed by atoms with van der Waals surface area (Å²) in [5, 5.41) is 4.20. The summed E-state index contributed by atoms with van der Waals surface area (Å²) in [4.78, 5) is 9.75. The van der Waals surface area contributed by atoms with Crippen molar-refractivity contribution in [3.63, 3.8) is 0 Å². The molecule has 0 saturated heterocycles. The maximum atomic E-state index is 13.8. The zero-order valence-electron chi connectivity index (χ0n) is 11.5. The van der Waals surface area contributed by atoms with Gasteiger partial charge in [-0.2, -0.15) is 0 Å². The summed E-state index contributed by atoms with van der Waals surface area (Å²) in [6.07, 6.45) is 6.41. The number of rotatable bonds is 6. The van der Waals surface area contributed by atoms with Gasteiger partial charge in [0.25, 0.3) is 0 Å². The fraction of sp³-hybridized carbons (Fsp3) is 0.467. The van der Waals surface area contributed by atoms with E-state index in [1.807, 2.05) is 0 Å². The molecule has 1 fully saturated rings. The van der Waals surface area contributed by atoms with E-state index >= 15 is 0 Å². The van der Waals surface area contributed by atoms with Crippen molar-refractivity contribution in [3.05, 3.63) is 34.8 Å². The van der Waals surface area contributed by atoms with Gasteiger partial charge < -0.3 is 5.32 Å². The number of halogens is 1. The van der Waals surface area contributed by atoms with Crippen LogP contribution in [0.5, 0.6) is 0 Å². The lowest BCUT2D eigenvalue weighted by Crippen LogP contribution is -2.13. The Balaban J connectivity index is 1.89. The molecule has 2 heterocycles. The molecule has 5 heteroatoms. The molecule has 0 radical (unpaired) electrons. The molecule has 1 saturated carbocycles. The highest BCUT2D eigenvalue weighted by molar-refractivity contribution is 7.15. The fourth-order valence-corrected chi connectivity index (χ4v) is 3.35. The Morgan fingerprint density at radius 2 is 2.30 bits per heavy atom. The fourth-order valence-electron chi connectivity index (χ4n) is 2.21. The minimum absolute atomic E-state index is 0.295.